The third kappa shape index (κ3) is 3.44. The molecular weight excluding hydrogens is 354 g/mol. The summed E-state index contributed by atoms with van der Waals surface area (Å²) >= 11 is 5.91. The first-order valence-corrected chi connectivity index (χ1v) is 8.74. The summed E-state index contributed by atoms with van der Waals surface area (Å²) in [5.41, 5.74) is 3.84. The van der Waals surface area contributed by atoms with E-state index in [1.807, 2.05) is 18.2 Å². The first-order valence-electron chi connectivity index (χ1n) is 8.36. The lowest BCUT2D eigenvalue weighted by Crippen LogP contribution is -2.20. The zero-order valence-electron chi connectivity index (χ0n) is 13.9. The number of furan rings is 1. The Morgan fingerprint density at radius 3 is 2.81 bits per heavy atom. The lowest BCUT2D eigenvalue weighted by atomic mass is 10.1. The van der Waals surface area contributed by atoms with Crippen LogP contribution >= 0.6 is 11.6 Å². The Morgan fingerprint density at radius 1 is 1.08 bits per heavy atom. The van der Waals surface area contributed by atoms with Crippen LogP contribution < -0.4 is 5.32 Å². The molecule has 0 fully saturated rings. The number of rotatable bonds is 4. The number of nitrogens with one attached hydrogen (secondary N) is 1. The maximum absolute atomic E-state index is 12.1. The summed E-state index contributed by atoms with van der Waals surface area (Å²) in [7, 11) is 0. The van der Waals surface area contributed by atoms with Gasteiger partial charge in [-0.05, 0) is 66.8 Å². The van der Waals surface area contributed by atoms with E-state index in [0.29, 0.717) is 21.7 Å². The van der Waals surface area contributed by atoms with Crippen LogP contribution in [0.4, 0.5) is 5.69 Å². The molecule has 0 saturated carbocycles. The molecule has 1 aromatic heterocycles. The Kier molecular flexibility index (Phi) is 4.39. The monoisotopic (exact) mass is 369 g/mol. The third-order valence-corrected chi connectivity index (χ3v) is 4.63. The van der Waals surface area contributed by atoms with Crippen molar-refractivity contribution in [2.24, 2.45) is 0 Å². The van der Waals surface area contributed by atoms with Gasteiger partial charge < -0.3 is 14.5 Å². The number of benzene rings is 2. The number of aryl methyl sites for hydroxylation is 2. The van der Waals surface area contributed by atoms with Gasteiger partial charge in [0.1, 0.15) is 5.58 Å². The number of fused-ring (bicyclic) bond motifs is 2. The summed E-state index contributed by atoms with van der Waals surface area (Å²) in [5, 5.41) is 4.00. The van der Waals surface area contributed by atoms with Crippen molar-refractivity contribution in [2.45, 2.75) is 19.3 Å². The maximum atomic E-state index is 12.1. The minimum absolute atomic E-state index is 0.0348. The molecule has 1 heterocycles. The molecule has 0 radical (unpaired) electrons. The van der Waals surface area contributed by atoms with Crippen LogP contribution in [0.1, 0.15) is 28.1 Å². The molecule has 1 aliphatic carbocycles. The fraction of sp³-hybridized carbons (Fsp3) is 0.200. The van der Waals surface area contributed by atoms with E-state index in [4.69, 9.17) is 20.8 Å². The van der Waals surface area contributed by atoms with Gasteiger partial charge in [0.25, 0.3) is 5.91 Å². The molecule has 3 aromatic rings. The van der Waals surface area contributed by atoms with E-state index in [1.165, 1.54) is 11.1 Å². The van der Waals surface area contributed by atoms with E-state index in [9.17, 15) is 9.59 Å². The molecule has 1 amide bonds. The van der Waals surface area contributed by atoms with Crippen LogP contribution in [0.25, 0.3) is 11.0 Å². The summed E-state index contributed by atoms with van der Waals surface area (Å²) in [4.78, 5) is 24.1. The van der Waals surface area contributed by atoms with E-state index >= 15 is 0 Å². The largest absolute Gasteiger partial charge is 0.450 e. The zero-order chi connectivity index (χ0) is 18.1. The van der Waals surface area contributed by atoms with Gasteiger partial charge in [-0.3, -0.25) is 4.79 Å². The third-order valence-electron chi connectivity index (χ3n) is 4.40. The molecule has 0 bridgehead atoms. The van der Waals surface area contributed by atoms with Crippen molar-refractivity contribution in [3.8, 4) is 0 Å². The summed E-state index contributed by atoms with van der Waals surface area (Å²) in [5.74, 6) is -1.05. The molecule has 26 heavy (non-hydrogen) atoms. The number of halogens is 1. The van der Waals surface area contributed by atoms with Crippen LogP contribution in [0.3, 0.4) is 0 Å². The van der Waals surface area contributed by atoms with Gasteiger partial charge in [-0.1, -0.05) is 17.7 Å². The molecule has 5 nitrogen and oxygen atoms in total. The number of carbonyl (C=O) groups excluding carboxylic acids is 2. The molecule has 0 aliphatic heterocycles. The van der Waals surface area contributed by atoms with Gasteiger partial charge in [0.15, 0.2) is 6.61 Å². The zero-order valence-corrected chi connectivity index (χ0v) is 14.6. The molecule has 4 rings (SSSR count). The van der Waals surface area contributed by atoms with Crippen molar-refractivity contribution >= 4 is 40.1 Å². The molecule has 132 valence electrons. The fourth-order valence-electron chi connectivity index (χ4n) is 3.16. The summed E-state index contributed by atoms with van der Waals surface area (Å²) < 4.78 is 10.5. The van der Waals surface area contributed by atoms with Crippen LogP contribution in [-0.4, -0.2) is 18.5 Å². The van der Waals surface area contributed by atoms with Crippen LogP contribution in [0.2, 0.25) is 5.02 Å². The normalized spacial score (nSPS) is 12.8. The van der Waals surface area contributed by atoms with E-state index in [-0.39, 0.29) is 12.4 Å². The molecule has 1 aliphatic rings. The van der Waals surface area contributed by atoms with E-state index in [0.717, 1.165) is 19.3 Å². The molecule has 0 atom stereocenters. The van der Waals surface area contributed by atoms with Crippen molar-refractivity contribution < 1.29 is 18.7 Å². The van der Waals surface area contributed by atoms with Gasteiger partial charge >= 0.3 is 5.97 Å². The summed E-state index contributed by atoms with van der Waals surface area (Å²) in [6.07, 6.45) is 3.26. The lowest BCUT2D eigenvalue weighted by molar-refractivity contribution is -0.119. The van der Waals surface area contributed by atoms with Crippen molar-refractivity contribution in [2.75, 3.05) is 11.9 Å². The van der Waals surface area contributed by atoms with Gasteiger partial charge in [-0.2, -0.15) is 0 Å². The topological polar surface area (TPSA) is 68.5 Å². The molecule has 2 aromatic carbocycles. The molecular formula is C20H16ClNO4. The van der Waals surface area contributed by atoms with Crippen molar-refractivity contribution in [1.82, 2.24) is 0 Å². The number of esters is 1. The van der Waals surface area contributed by atoms with E-state index in [1.54, 1.807) is 24.3 Å². The SMILES string of the molecule is O=C(COC(=O)c1cc2cc(Cl)ccc2o1)Nc1ccc2c(c1)CCC2. The summed E-state index contributed by atoms with van der Waals surface area (Å²) in [6, 6.07) is 12.5. The Labute approximate surface area is 154 Å². The molecule has 0 saturated heterocycles. The van der Waals surface area contributed by atoms with Crippen LogP contribution in [0.15, 0.2) is 46.9 Å². The highest BCUT2D eigenvalue weighted by molar-refractivity contribution is 6.31. The highest BCUT2D eigenvalue weighted by Crippen LogP contribution is 2.25. The first-order chi connectivity index (χ1) is 12.6. The number of carbonyl (C=O) groups is 2. The Balaban J connectivity index is 1.36. The highest BCUT2D eigenvalue weighted by Gasteiger charge is 2.16. The number of ether oxygens (including phenoxy) is 1. The molecule has 1 N–H and O–H groups in total. The average Bonchev–Trinajstić information content (AvgIpc) is 3.25. The highest BCUT2D eigenvalue weighted by atomic mass is 35.5. The van der Waals surface area contributed by atoms with Gasteiger partial charge in [0.05, 0.1) is 0 Å². The minimum Gasteiger partial charge on any atom is -0.450 e. The van der Waals surface area contributed by atoms with Gasteiger partial charge in [-0.15, -0.1) is 0 Å². The Morgan fingerprint density at radius 2 is 1.92 bits per heavy atom. The van der Waals surface area contributed by atoms with Gasteiger partial charge in [0.2, 0.25) is 5.76 Å². The number of amides is 1. The van der Waals surface area contributed by atoms with Crippen molar-refractivity contribution in [3.05, 3.63) is 64.4 Å². The second-order valence-corrected chi connectivity index (χ2v) is 6.69. The van der Waals surface area contributed by atoms with Crippen LogP contribution in [0, 0.1) is 0 Å². The van der Waals surface area contributed by atoms with Gasteiger partial charge in [-0.25, -0.2) is 4.79 Å². The first kappa shape index (κ1) is 16.7. The molecule has 0 unspecified atom stereocenters. The van der Waals surface area contributed by atoms with Crippen molar-refractivity contribution in [3.63, 3.8) is 0 Å². The number of hydrogen-bond donors (Lipinski definition) is 1. The average molecular weight is 370 g/mol. The lowest BCUT2D eigenvalue weighted by Gasteiger charge is -2.07. The molecule has 6 heteroatoms. The van der Waals surface area contributed by atoms with E-state index < -0.39 is 11.9 Å². The predicted molar refractivity (Wildman–Crippen MR) is 98.6 cm³/mol. The smallest absolute Gasteiger partial charge is 0.374 e. The quantitative estimate of drug-likeness (QED) is 0.693. The Bertz CT molecular complexity index is 1010. The number of anilines is 1. The fourth-order valence-corrected chi connectivity index (χ4v) is 3.34. The second-order valence-electron chi connectivity index (χ2n) is 6.25. The Hall–Kier alpha value is -2.79. The van der Waals surface area contributed by atoms with E-state index in [2.05, 4.69) is 5.32 Å². The standard InChI is InChI=1S/C20H16ClNO4/c21-15-5-7-17-14(8-15)10-18(26-17)20(24)25-11-19(23)22-16-6-4-12-2-1-3-13(12)9-16/h4-10H,1-3,11H2,(H,22,23). The maximum Gasteiger partial charge on any atom is 0.374 e. The second kappa shape index (κ2) is 6.84. The molecule has 0 spiro atoms. The number of hydrogen-bond acceptors (Lipinski definition) is 4. The summed E-state index contributed by atoms with van der Waals surface area (Å²) in [6.45, 7) is -0.381. The van der Waals surface area contributed by atoms with Gasteiger partial charge in [0, 0.05) is 16.1 Å². The van der Waals surface area contributed by atoms with Crippen LogP contribution in [0.5, 0.6) is 0 Å². The van der Waals surface area contributed by atoms with Crippen molar-refractivity contribution in [1.29, 1.82) is 0 Å². The van der Waals surface area contributed by atoms with Crippen LogP contribution in [-0.2, 0) is 22.4 Å². The predicted octanol–water partition coefficient (Wildman–Crippen LogP) is 4.37. The minimum atomic E-state index is -0.693.